The van der Waals surface area contributed by atoms with Crippen molar-refractivity contribution in [1.82, 2.24) is 5.32 Å². The molecule has 2 amide bonds. The Kier molecular flexibility index (Phi) is 7.55. The SMILES string of the molecule is CCc1ccc(C(NCC(=O)Nc2ccc(NC(C)=O)cc2)C(C)C)cc1. The van der Waals surface area contributed by atoms with Crippen LogP contribution < -0.4 is 16.0 Å². The monoisotopic (exact) mass is 367 g/mol. The van der Waals surface area contributed by atoms with Crippen LogP contribution in [-0.2, 0) is 16.0 Å². The highest BCUT2D eigenvalue weighted by Crippen LogP contribution is 2.22. The van der Waals surface area contributed by atoms with E-state index >= 15 is 0 Å². The second-order valence-electron chi connectivity index (χ2n) is 7.00. The number of benzene rings is 2. The fraction of sp³-hybridized carbons (Fsp3) is 0.364. The van der Waals surface area contributed by atoms with E-state index in [-0.39, 0.29) is 24.4 Å². The number of amides is 2. The lowest BCUT2D eigenvalue weighted by atomic mass is 9.95. The van der Waals surface area contributed by atoms with E-state index in [9.17, 15) is 9.59 Å². The lowest BCUT2D eigenvalue weighted by Crippen LogP contribution is -2.33. The van der Waals surface area contributed by atoms with Gasteiger partial charge in [0.25, 0.3) is 0 Å². The number of aryl methyl sites for hydroxylation is 1. The molecule has 2 rings (SSSR count). The summed E-state index contributed by atoms with van der Waals surface area (Å²) in [5.74, 6) is 0.142. The minimum absolute atomic E-state index is 0.0990. The summed E-state index contributed by atoms with van der Waals surface area (Å²) in [5, 5.41) is 8.93. The van der Waals surface area contributed by atoms with E-state index in [1.807, 2.05) is 0 Å². The molecule has 5 heteroatoms. The first-order chi connectivity index (χ1) is 12.9. The Morgan fingerprint density at radius 3 is 1.93 bits per heavy atom. The first-order valence-electron chi connectivity index (χ1n) is 9.38. The number of carbonyl (C=O) groups excluding carboxylic acids is 2. The van der Waals surface area contributed by atoms with Crippen LogP contribution in [0.1, 0.15) is 44.9 Å². The molecule has 0 saturated carbocycles. The smallest absolute Gasteiger partial charge is 0.238 e. The molecular weight excluding hydrogens is 338 g/mol. The molecule has 3 N–H and O–H groups in total. The highest BCUT2D eigenvalue weighted by Gasteiger charge is 2.16. The zero-order chi connectivity index (χ0) is 19.8. The van der Waals surface area contributed by atoms with Gasteiger partial charge in [-0.3, -0.25) is 9.59 Å². The number of hydrogen-bond acceptors (Lipinski definition) is 3. The van der Waals surface area contributed by atoms with Gasteiger partial charge in [-0.2, -0.15) is 0 Å². The van der Waals surface area contributed by atoms with E-state index in [4.69, 9.17) is 0 Å². The fourth-order valence-corrected chi connectivity index (χ4v) is 2.95. The normalized spacial score (nSPS) is 11.9. The molecule has 0 fully saturated rings. The highest BCUT2D eigenvalue weighted by molar-refractivity contribution is 5.93. The maximum atomic E-state index is 12.3. The zero-order valence-electron chi connectivity index (χ0n) is 16.5. The lowest BCUT2D eigenvalue weighted by molar-refractivity contribution is -0.116. The van der Waals surface area contributed by atoms with Crippen molar-refractivity contribution in [1.29, 1.82) is 0 Å². The standard InChI is InChI=1S/C22H29N3O2/c1-5-17-6-8-18(9-7-17)22(15(2)3)23-14-21(27)25-20-12-10-19(11-13-20)24-16(4)26/h6-13,15,22-23H,5,14H2,1-4H3,(H,24,26)(H,25,27). The number of carbonyl (C=O) groups is 2. The molecule has 144 valence electrons. The van der Waals surface area contributed by atoms with Crippen molar-refractivity contribution in [3.05, 3.63) is 59.7 Å². The molecule has 2 aromatic carbocycles. The van der Waals surface area contributed by atoms with Crippen molar-refractivity contribution in [2.45, 2.75) is 40.2 Å². The van der Waals surface area contributed by atoms with Crippen LogP contribution in [0, 0.1) is 5.92 Å². The van der Waals surface area contributed by atoms with Gasteiger partial charge in [-0.15, -0.1) is 0 Å². The molecule has 1 unspecified atom stereocenters. The average Bonchev–Trinajstić information content (AvgIpc) is 2.63. The van der Waals surface area contributed by atoms with Gasteiger partial charge in [-0.05, 0) is 47.7 Å². The zero-order valence-corrected chi connectivity index (χ0v) is 16.5. The molecule has 0 aromatic heterocycles. The lowest BCUT2D eigenvalue weighted by Gasteiger charge is -2.23. The van der Waals surface area contributed by atoms with E-state index in [1.165, 1.54) is 18.1 Å². The summed E-state index contributed by atoms with van der Waals surface area (Å²) in [4.78, 5) is 23.3. The molecule has 0 heterocycles. The van der Waals surface area contributed by atoms with Crippen LogP contribution in [-0.4, -0.2) is 18.4 Å². The van der Waals surface area contributed by atoms with Crippen molar-refractivity contribution >= 4 is 23.2 Å². The number of hydrogen-bond donors (Lipinski definition) is 3. The Labute approximate surface area is 161 Å². The maximum absolute atomic E-state index is 12.3. The first-order valence-corrected chi connectivity index (χ1v) is 9.38. The molecule has 0 aliphatic carbocycles. The summed E-state index contributed by atoms with van der Waals surface area (Å²) in [7, 11) is 0. The Balaban J connectivity index is 1.92. The predicted molar refractivity (Wildman–Crippen MR) is 111 cm³/mol. The molecule has 0 saturated heterocycles. The third-order valence-corrected chi connectivity index (χ3v) is 4.39. The molecule has 2 aromatic rings. The van der Waals surface area contributed by atoms with E-state index in [0.29, 0.717) is 17.3 Å². The van der Waals surface area contributed by atoms with Gasteiger partial charge in [0, 0.05) is 24.3 Å². The Hall–Kier alpha value is -2.66. The molecule has 0 bridgehead atoms. The number of rotatable bonds is 8. The average molecular weight is 367 g/mol. The van der Waals surface area contributed by atoms with Gasteiger partial charge >= 0.3 is 0 Å². The van der Waals surface area contributed by atoms with Crippen molar-refractivity contribution in [2.75, 3.05) is 17.2 Å². The summed E-state index contributed by atoms with van der Waals surface area (Å²) in [5.41, 5.74) is 3.90. The van der Waals surface area contributed by atoms with Gasteiger partial charge in [-0.25, -0.2) is 0 Å². The van der Waals surface area contributed by atoms with Crippen molar-refractivity contribution in [3.63, 3.8) is 0 Å². The topological polar surface area (TPSA) is 70.2 Å². The third kappa shape index (κ3) is 6.53. The Morgan fingerprint density at radius 2 is 1.44 bits per heavy atom. The van der Waals surface area contributed by atoms with Crippen molar-refractivity contribution in [3.8, 4) is 0 Å². The van der Waals surface area contributed by atoms with Crippen molar-refractivity contribution in [2.24, 2.45) is 5.92 Å². The molecular formula is C22H29N3O2. The van der Waals surface area contributed by atoms with Crippen LogP contribution >= 0.6 is 0 Å². The maximum Gasteiger partial charge on any atom is 0.238 e. The minimum atomic E-state index is -0.123. The summed E-state index contributed by atoms with van der Waals surface area (Å²) >= 11 is 0. The van der Waals surface area contributed by atoms with Gasteiger partial charge in [0.2, 0.25) is 11.8 Å². The number of nitrogens with one attached hydrogen (secondary N) is 3. The van der Waals surface area contributed by atoms with Crippen LogP contribution in [0.2, 0.25) is 0 Å². The molecule has 1 atom stereocenters. The van der Waals surface area contributed by atoms with Crippen LogP contribution in [0.25, 0.3) is 0 Å². The molecule has 0 aliphatic rings. The quantitative estimate of drug-likeness (QED) is 0.657. The summed E-state index contributed by atoms with van der Waals surface area (Å²) in [6.45, 7) is 8.11. The van der Waals surface area contributed by atoms with Crippen LogP contribution in [0.5, 0.6) is 0 Å². The summed E-state index contributed by atoms with van der Waals surface area (Å²) in [6.07, 6.45) is 1.02. The fourth-order valence-electron chi connectivity index (χ4n) is 2.95. The molecule has 27 heavy (non-hydrogen) atoms. The number of anilines is 2. The Morgan fingerprint density at radius 1 is 0.889 bits per heavy atom. The molecule has 0 aliphatic heterocycles. The van der Waals surface area contributed by atoms with Gasteiger partial charge in [0.15, 0.2) is 0 Å². The van der Waals surface area contributed by atoms with Gasteiger partial charge in [-0.1, -0.05) is 45.0 Å². The second-order valence-corrected chi connectivity index (χ2v) is 7.00. The van der Waals surface area contributed by atoms with E-state index in [0.717, 1.165) is 6.42 Å². The van der Waals surface area contributed by atoms with E-state index in [1.54, 1.807) is 24.3 Å². The van der Waals surface area contributed by atoms with Crippen LogP contribution in [0.15, 0.2) is 48.5 Å². The van der Waals surface area contributed by atoms with Crippen molar-refractivity contribution < 1.29 is 9.59 Å². The second kappa shape index (κ2) is 9.88. The van der Waals surface area contributed by atoms with E-state index < -0.39 is 0 Å². The third-order valence-electron chi connectivity index (χ3n) is 4.39. The van der Waals surface area contributed by atoms with Gasteiger partial charge in [0.05, 0.1) is 6.54 Å². The molecule has 5 nitrogen and oxygen atoms in total. The van der Waals surface area contributed by atoms with Crippen LogP contribution in [0.4, 0.5) is 11.4 Å². The van der Waals surface area contributed by atoms with Gasteiger partial charge in [0.1, 0.15) is 0 Å². The highest BCUT2D eigenvalue weighted by atomic mass is 16.2. The minimum Gasteiger partial charge on any atom is -0.326 e. The van der Waals surface area contributed by atoms with Gasteiger partial charge < -0.3 is 16.0 Å². The molecule has 0 radical (unpaired) electrons. The largest absolute Gasteiger partial charge is 0.326 e. The Bertz CT molecular complexity index is 752. The van der Waals surface area contributed by atoms with Crippen LogP contribution in [0.3, 0.4) is 0 Å². The van der Waals surface area contributed by atoms with E-state index in [2.05, 4.69) is 61.0 Å². The predicted octanol–water partition coefficient (Wildman–Crippen LogP) is 4.13. The summed E-state index contributed by atoms with van der Waals surface area (Å²) in [6, 6.07) is 15.7. The molecule has 0 spiro atoms. The first kappa shape index (κ1) is 20.6. The summed E-state index contributed by atoms with van der Waals surface area (Å²) < 4.78 is 0.